The van der Waals surface area contributed by atoms with Crippen LogP contribution >= 0.6 is 0 Å². The number of carbonyl (C=O) groups excluding carboxylic acids is 1. The number of hydrogen-bond acceptors (Lipinski definition) is 5. The highest BCUT2D eigenvalue weighted by molar-refractivity contribution is 6.00. The summed E-state index contributed by atoms with van der Waals surface area (Å²) in [6.07, 6.45) is 3.94. The molecule has 2 aliphatic rings. The summed E-state index contributed by atoms with van der Waals surface area (Å²) in [6.45, 7) is 1.85. The number of nitrogens with zero attached hydrogens (tertiary/aromatic N) is 2. The maximum absolute atomic E-state index is 11.8. The number of methoxy groups -OCH3 is 1. The number of nitrogens with one attached hydrogen (secondary N) is 1. The van der Waals surface area contributed by atoms with Crippen molar-refractivity contribution in [3.63, 3.8) is 0 Å². The first kappa shape index (κ1) is 15.8. The van der Waals surface area contributed by atoms with Crippen LogP contribution < -0.4 is 5.32 Å². The van der Waals surface area contributed by atoms with E-state index in [9.17, 15) is 4.79 Å². The van der Waals surface area contributed by atoms with E-state index in [4.69, 9.17) is 4.74 Å². The van der Waals surface area contributed by atoms with Gasteiger partial charge in [0, 0.05) is 30.9 Å². The van der Waals surface area contributed by atoms with Gasteiger partial charge in [0.2, 0.25) is 0 Å². The van der Waals surface area contributed by atoms with Gasteiger partial charge in [-0.3, -0.25) is 9.79 Å². The Morgan fingerprint density at radius 3 is 3.00 bits per heavy atom. The fourth-order valence-corrected chi connectivity index (χ4v) is 3.53. The zero-order valence-corrected chi connectivity index (χ0v) is 13.9. The highest BCUT2D eigenvalue weighted by atomic mass is 16.5. The van der Waals surface area contributed by atoms with E-state index in [1.165, 1.54) is 7.11 Å². The summed E-state index contributed by atoms with van der Waals surface area (Å²) in [5.74, 6) is 1.01. The molecule has 0 radical (unpaired) electrons. The molecule has 1 heterocycles. The van der Waals surface area contributed by atoms with Gasteiger partial charge in [-0.05, 0) is 31.4 Å². The lowest BCUT2D eigenvalue weighted by molar-refractivity contribution is -0.146. The molecule has 1 fully saturated rings. The Hall–Kier alpha value is -2.04. The van der Waals surface area contributed by atoms with Crippen LogP contribution in [0.5, 0.6) is 0 Å². The average molecular weight is 315 g/mol. The minimum absolute atomic E-state index is 0.0276. The predicted molar refractivity (Wildman–Crippen MR) is 91.9 cm³/mol. The molecule has 5 heteroatoms. The van der Waals surface area contributed by atoms with Crippen LogP contribution in [0, 0.1) is 5.92 Å². The molecule has 0 aromatic heterocycles. The number of aliphatic imine (C=N–C) groups is 1. The van der Waals surface area contributed by atoms with Crippen molar-refractivity contribution < 1.29 is 9.53 Å². The summed E-state index contributed by atoms with van der Waals surface area (Å²) in [5, 5.41) is 3.59. The summed E-state index contributed by atoms with van der Waals surface area (Å²) >= 11 is 0. The molecule has 2 unspecified atom stereocenters. The molecule has 23 heavy (non-hydrogen) atoms. The number of amidine groups is 1. The summed E-state index contributed by atoms with van der Waals surface area (Å²) in [4.78, 5) is 18.5. The number of likely N-dealkylation sites (N-methyl/N-ethyl adjacent to an activating group) is 1. The summed E-state index contributed by atoms with van der Waals surface area (Å²) in [5.41, 5.74) is 2.25. The van der Waals surface area contributed by atoms with Crippen molar-refractivity contribution in [2.24, 2.45) is 10.9 Å². The summed E-state index contributed by atoms with van der Waals surface area (Å²) < 4.78 is 4.90. The third-order valence-electron chi connectivity index (χ3n) is 4.76. The van der Waals surface area contributed by atoms with Crippen LogP contribution in [-0.2, 0) is 9.53 Å². The van der Waals surface area contributed by atoms with Gasteiger partial charge in [0.25, 0.3) is 0 Å². The van der Waals surface area contributed by atoms with E-state index in [0.717, 1.165) is 55.9 Å². The quantitative estimate of drug-likeness (QED) is 0.868. The fraction of sp³-hybridized carbons (Fsp3) is 0.556. The largest absolute Gasteiger partial charge is 0.469 e. The van der Waals surface area contributed by atoms with Crippen molar-refractivity contribution in [1.82, 2.24) is 4.90 Å². The third-order valence-corrected chi connectivity index (χ3v) is 4.76. The van der Waals surface area contributed by atoms with Crippen LogP contribution in [0.15, 0.2) is 29.3 Å². The Morgan fingerprint density at radius 2 is 2.26 bits per heavy atom. The SMILES string of the molecule is COC(=O)C1CCCC(Nc2cccc(C3=NCCN3C)c2)C1. The van der Waals surface area contributed by atoms with Crippen LogP contribution in [0.25, 0.3) is 0 Å². The van der Waals surface area contributed by atoms with Crippen molar-refractivity contribution >= 4 is 17.5 Å². The topological polar surface area (TPSA) is 53.9 Å². The van der Waals surface area contributed by atoms with E-state index in [-0.39, 0.29) is 11.9 Å². The number of esters is 1. The van der Waals surface area contributed by atoms with E-state index in [1.54, 1.807) is 0 Å². The third kappa shape index (κ3) is 3.66. The molecule has 1 aliphatic heterocycles. The van der Waals surface area contributed by atoms with Gasteiger partial charge in [-0.25, -0.2) is 0 Å². The standard InChI is InChI=1S/C18H25N3O2/c1-21-10-9-19-17(21)13-5-3-7-15(11-13)20-16-8-4-6-14(12-16)18(22)23-2/h3,5,7,11,14,16,20H,4,6,8-10,12H2,1-2H3. The van der Waals surface area contributed by atoms with Crippen LogP contribution in [-0.4, -0.2) is 50.0 Å². The number of rotatable bonds is 4. The maximum Gasteiger partial charge on any atom is 0.308 e. The van der Waals surface area contributed by atoms with E-state index in [0.29, 0.717) is 6.04 Å². The Labute approximate surface area is 137 Å². The van der Waals surface area contributed by atoms with Gasteiger partial charge in [-0.1, -0.05) is 18.6 Å². The minimum atomic E-state index is -0.0767. The highest BCUT2D eigenvalue weighted by Crippen LogP contribution is 2.28. The molecule has 124 valence electrons. The number of benzene rings is 1. The lowest BCUT2D eigenvalue weighted by Gasteiger charge is -2.29. The Bertz CT molecular complexity index is 600. The van der Waals surface area contributed by atoms with E-state index in [2.05, 4.69) is 46.5 Å². The molecule has 0 saturated heterocycles. The molecule has 5 nitrogen and oxygen atoms in total. The second-order valence-electron chi connectivity index (χ2n) is 6.44. The molecule has 3 rings (SSSR count). The van der Waals surface area contributed by atoms with E-state index in [1.807, 2.05) is 0 Å². The van der Waals surface area contributed by atoms with Crippen LogP contribution in [0.3, 0.4) is 0 Å². The predicted octanol–water partition coefficient (Wildman–Crippen LogP) is 2.52. The first-order valence-corrected chi connectivity index (χ1v) is 8.38. The molecular formula is C18H25N3O2. The molecular weight excluding hydrogens is 290 g/mol. The molecule has 0 bridgehead atoms. The summed E-state index contributed by atoms with van der Waals surface area (Å²) in [7, 11) is 3.55. The van der Waals surface area contributed by atoms with E-state index < -0.39 is 0 Å². The van der Waals surface area contributed by atoms with Crippen LogP contribution in [0.1, 0.15) is 31.2 Å². The minimum Gasteiger partial charge on any atom is -0.469 e. The zero-order valence-electron chi connectivity index (χ0n) is 13.9. The molecule has 0 spiro atoms. The van der Waals surface area contributed by atoms with Gasteiger partial charge in [0.15, 0.2) is 0 Å². The lowest BCUT2D eigenvalue weighted by Crippen LogP contribution is -2.31. The van der Waals surface area contributed by atoms with Crippen molar-refractivity contribution in [2.75, 3.05) is 32.6 Å². The van der Waals surface area contributed by atoms with Crippen LogP contribution in [0.2, 0.25) is 0 Å². The molecule has 1 aliphatic carbocycles. The first-order chi connectivity index (χ1) is 11.2. The lowest BCUT2D eigenvalue weighted by atomic mass is 9.85. The maximum atomic E-state index is 11.8. The Morgan fingerprint density at radius 1 is 1.39 bits per heavy atom. The van der Waals surface area contributed by atoms with Crippen molar-refractivity contribution in [3.8, 4) is 0 Å². The second kappa shape index (κ2) is 7.02. The second-order valence-corrected chi connectivity index (χ2v) is 6.44. The van der Waals surface area contributed by atoms with Gasteiger partial charge in [0.05, 0.1) is 19.6 Å². The fourth-order valence-electron chi connectivity index (χ4n) is 3.53. The van der Waals surface area contributed by atoms with Crippen molar-refractivity contribution in [2.45, 2.75) is 31.7 Å². The van der Waals surface area contributed by atoms with Crippen LogP contribution in [0.4, 0.5) is 5.69 Å². The number of anilines is 1. The Balaban J connectivity index is 1.67. The van der Waals surface area contributed by atoms with Gasteiger partial charge < -0.3 is 15.0 Å². The zero-order chi connectivity index (χ0) is 16.2. The average Bonchev–Trinajstić information content (AvgIpc) is 3.00. The molecule has 1 aromatic rings. The van der Waals surface area contributed by atoms with Gasteiger partial charge in [0.1, 0.15) is 5.84 Å². The highest BCUT2D eigenvalue weighted by Gasteiger charge is 2.28. The monoisotopic (exact) mass is 315 g/mol. The summed E-state index contributed by atoms with van der Waals surface area (Å²) in [6, 6.07) is 8.73. The molecule has 1 saturated carbocycles. The normalized spacial score (nSPS) is 24.3. The van der Waals surface area contributed by atoms with Gasteiger partial charge in [-0.15, -0.1) is 0 Å². The van der Waals surface area contributed by atoms with Gasteiger partial charge >= 0.3 is 5.97 Å². The smallest absolute Gasteiger partial charge is 0.308 e. The molecule has 0 amide bonds. The molecule has 1 N–H and O–H groups in total. The first-order valence-electron chi connectivity index (χ1n) is 8.38. The number of hydrogen-bond donors (Lipinski definition) is 1. The van der Waals surface area contributed by atoms with Crippen molar-refractivity contribution in [3.05, 3.63) is 29.8 Å². The van der Waals surface area contributed by atoms with E-state index >= 15 is 0 Å². The number of carbonyl (C=O) groups is 1. The van der Waals surface area contributed by atoms with Gasteiger partial charge in [-0.2, -0.15) is 0 Å². The molecule has 2 atom stereocenters. The Kier molecular flexibility index (Phi) is 4.84. The molecule has 1 aromatic carbocycles. The van der Waals surface area contributed by atoms with Crippen molar-refractivity contribution in [1.29, 1.82) is 0 Å². The number of ether oxygens (including phenoxy) is 1.